The van der Waals surface area contributed by atoms with Crippen molar-refractivity contribution in [3.05, 3.63) is 15.9 Å². The van der Waals surface area contributed by atoms with Crippen LogP contribution in [0.25, 0.3) is 0 Å². The second-order valence-corrected chi connectivity index (χ2v) is 5.86. The van der Waals surface area contributed by atoms with Gasteiger partial charge in [-0.3, -0.25) is 4.68 Å². The lowest BCUT2D eigenvalue weighted by Gasteiger charge is -2.08. The molecule has 0 amide bonds. The minimum atomic E-state index is 0.801. The molecule has 1 aromatic heterocycles. The van der Waals surface area contributed by atoms with E-state index in [4.69, 9.17) is 4.74 Å². The zero-order valence-electron chi connectivity index (χ0n) is 11.9. The molecule has 1 aromatic rings. The average Bonchev–Trinajstić information content (AvgIpc) is 3.19. The highest BCUT2D eigenvalue weighted by Gasteiger charge is 2.20. The SMILES string of the molecule is CCc1nn(CC)c(CNCCOCC2CC2)c1Br. The van der Waals surface area contributed by atoms with E-state index in [-0.39, 0.29) is 0 Å². The van der Waals surface area contributed by atoms with Crippen molar-refractivity contribution in [2.45, 2.75) is 46.2 Å². The van der Waals surface area contributed by atoms with Crippen molar-refractivity contribution in [1.82, 2.24) is 15.1 Å². The van der Waals surface area contributed by atoms with Crippen molar-refractivity contribution in [1.29, 1.82) is 0 Å². The Morgan fingerprint density at radius 3 is 2.84 bits per heavy atom. The van der Waals surface area contributed by atoms with Crippen LogP contribution < -0.4 is 5.32 Å². The molecule has 1 saturated carbocycles. The van der Waals surface area contributed by atoms with E-state index in [1.165, 1.54) is 18.5 Å². The Morgan fingerprint density at radius 1 is 1.42 bits per heavy atom. The van der Waals surface area contributed by atoms with Gasteiger partial charge in [-0.1, -0.05) is 6.92 Å². The predicted octanol–water partition coefficient (Wildman–Crippen LogP) is 2.74. The van der Waals surface area contributed by atoms with Gasteiger partial charge in [-0.05, 0) is 48.0 Å². The minimum absolute atomic E-state index is 0.801. The Labute approximate surface area is 124 Å². The second kappa shape index (κ2) is 7.41. The van der Waals surface area contributed by atoms with E-state index in [1.807, 2.05) is 0 Å². The summed E-state index contributed by atoms with van der Waals surface area (Å²) in [5.41, 5.74) is 2.38. The second-order valence-electron chi connectivity index (χ2n) is 5.07. The quantitative estimate of drug-likeness (QED) is 0.708. The Hall–Kier alpha value is -0.390. The number of aryl methyl sites for hydroxylation is 2. The van der Waals surface area contributed by atoms with Gasteiger partial charge in [0.15, 0.2) is 0 Å². The number of nitrogens with one attached hydrogen (secondary N) is 1. The fourth-order valence-corrected chi connectivity index (χ4v) is 2.78. The lowest BCUT2D eigenvalue weighted by atomic mass is 10.3. The maximum Gasteiger partial charge on any atom is 0.0767 e. The molecule has 0 aliphatic heterocycles. The molecule has 0 saturated heterocycles. The fourth-order valence-electron chi connectivity index (χ4n) is 2.07. The largest absolute Gasteiger partial charge is 0.380 e. The summed E-state index contributed by atoms with van der Waals surface area (Å²) in [6.07, 6.45) is 3.68. The van der Waals surface area contributed by atoms with Crippen molar-refractivity contribution >= 4 is 15.9 Å². The van der Waals surface area contributed by atoms with Gasteiger partial charge in [0.2, 0.25) is 0 Å². The molecule has 0 bridgehead atoms. The number of ether oxygens (including phenoxy) is 1. The first-order valence-electron chi connectivity index (χ1n) is 7.28. The molecule has 1 aliphatic rings. The molecular formula is C14H24BrN3O. The van der Waals surface area contributed by atoms with Crippen LogP contribution in [0.4, 0.5) is 0 Å². The Bertz CT molecular complexity index is 402. The summed E-state index contributed by atoms with van der Waals surface area (Å²) in [4.78, 5) is 0. The zero-order valence-corrected chi connectivity index (χ0v) is 13.5. The molecule has 4 nitrogen and oxygen atoms in total. The summed E-state index contributed by atoms with van der Waals surface area (Å²) >= 11 is 3.66. The highest BCUT2D eigenvalue weighted by Crippen LogP contribution is 2.28. The van der Waals surface area contributed by atoms with Crippen LogP contribution in [-0.2, 0) is 24.2 Å². The molecule has 0 unspecified atom stereocenters. The van der Waals surface area contributed by atoms with E-state index in [0.29, 0.717) is 0 Å². The van der Waals surface area contributed by atoms with Gasteiger partial charge in [-0.25, -0.2) is 0 Å². The zero-order chi connectivity index (χ0) is 13.7. The molecule has 0 radical (unpaired) electrons. The van der Waals surface area contributed by atoms with Crippen LogP contribution in [0.2, 0.25) is 0 Å². The smallest absolute Gasteiger partial charge is 0.0767 e. The van der Waals surface area contributed by atoms with Crippen LogP contribution in [0.15, 0.2) is 4.47 Å². The van der Waals surface area contributed by atoms with Crippen LogP contribution >= 0.6 is 15.9 Å². The Morgan fingerprint density at radius 2 is 2.21 bits per heavy atom. The van der Waals surface area contributed by atoms with Gasteiger partial charge in [-0.15, -0.1) is 0 Å². The third-order valence-corrected chi connectivity index (χ3v) is 4.38. The van der Waals surface area contributed by atoms with Gasteiger partial charge in [0.05, 0.1) is 22.5 Å². The molecule has 1 aliphatic carbocycles. The van der Waals surface area contributed by atoms with Crippen molar-refractivity contribution in [3.8, 4) is 0 Å². The fraction of sp³-hybridized carbons (Fsp3) is 0.786. The Balaban J connectivity index is 1.72. The number of halogens is 1. The van der Waals surface area contributed by atoms with Crippen molar-refractivity contribution in [3.63, 3.8) is 0 Å². The number of rotatable bonds is 9. The van der Waals surface area contributed by atoms with Crippen LogP contribution in [0.5, 0.6) is 0 Å². The third kappa shape index (κ3) is 4.29. The van der Waals surface area contributed by atoms with E-state index in [2.05, 4.69) is 44.9 Å². The van der Waals surface area contributed by atoms with Crippen LogP contribution in [-0.4, -0.2) is 29.5 Å². The number of aromatic nitrogens is 2. The summed E-state index contributed by atoms with van der Waals surface area (Å²) in [7, 11) is 0. The summed E-state index contributed by atoms with van der Waals surface area (Å²) in [6, 6.07) is 0. The lowest BCUT2D eigenvalue weighted by molar-refractivity contribution is 0.126. The van der Waals surface area contributed by atoms with Gasteiger partial charge in [0.25, 0.3) is 0 Å². The molecule has 108 valence electrons. The van der Waals surface area contributed by atoms with Crippen molar-refractivity contribution in [2.75, 3.05) is 19.8 Å². The summed E-state index contributed by atoms with van der Waals surface area (Å²) in [6.45, 7) is 8.65. The number of hydrogen-bond acceptors (Lipinski definition) is 3. The summed E-state index contributed by atoms with van der Waals surface area (Å²) in [5.74, 6) is 0.850. The highest BCUT2D eigenvalue weighted by molar-refractivity contribution is 9.10. The van der Waals surface area contributed by atoms with Crippen molar-refractivity contribution in [2.24, 2.45) is 5.92 Å². The van der Waals surface area contributed by atoms with Crippen LogP contribution in [0.3, 0.4) is 0 Å². The molecule has 0 aromatic carbocycles. The summed E-state index contributed by atoms with van der Waals surface area (Å²) in [5, 5.41) is 8.02. The molecule has 0 spiro atoms. The normalized spacial score (nSPS) is 15.1. The minimum Gasteiger partial charge on any atom is -0.380 e. The third-order valence-electron chi connectivity index (χ3n) is 3.46. The molecular weight excluding hydrogens is 306 g/mol. The molecule has 1 fully saturated rings. The number of hydrogen-bond donors (Lipinski definition) is 1. The first-order valence-corrected chi connectivity index (χ1v) is 8.08. The van der Waals surface area contributed by atoms with Gasteiger partial charge in [-0.2, -0.15) is 5.10 Å². The Kier molecular flexibility index (Phi) is 5.85. The molecule has 1 N–H and O–H groups in total. The highest BCUT2D eigenvalue weighted by atomic mass is 79.9. The maximum absolute atomic E-state index is 5.61. The standard InChI is InChI=1S/C14H24BrN3O/c1-3-12-14(15)13(18(4-2)17-12)9-16-7-8-19-10-11-5-6-11/h11,16H,3-10H2,1-2H3. The van der Waals surface area contributed by atoms with E-state index in [1.54, 1.807) is 0 Å². The lowest BCUT2D eigenvalue weighted by Crippen LogP contribution is -2.21. The molecule has 19 heavy (non-hydrogen) atoms. The van der Waals surface area contributed by atoms with E-state index < -0.39 is 0 Å². The monoisotopic (exact) mass is 329 g/mol. The number of nitrogens with zero attached hydrogens (tertiary/aromatic N) is 2. The molecule has 1 heterocycles. The first-order chi connectivity index (χ1) is 9.26. The van der Waals surface area contributed by atoms with E-state index in [9.17, 15) is 0 Å². The van der Waals surface area contributed by atoms with Gasteiger partial charge >= 0.3 is 0 Å². The van der Waals surface area contributed by atoms with Crippen LogP contribution in [0.1, 0.15) is 38.1 Å². The average molecular weight is 330 g/mol. The topological polar surface area (TPSA) is 39.1 Å². The van der Waals surface area contributed by atoms with Gasteiger partial charge in [0.1, 0.15) is 0 Å². The maximum atomic E-state index is 5.61. The first kappa shape index (κ1) is 15.0. The van der Waals surface area contributed by atoms with Crippen molar-refractivity contribution < 1.29 is 4.74 Å². The van der Waals surface area contributed by atoms with Gasteiger partial charge < -0.3 is 10.1 Å². The summed E-state index contributed by atoms with van der Waals surface area (Å²) < 4.78 is 8.84. The van der Waals surface area contributed by atoms with E-state index >= 15 is 0 Å². The van der Waals surface area contributed by atoms with Gasteiger partial charge in [0, 0.05) is 26.2 Å². The van der Waals surface area contributed by atoms with E-state index in [0.717, 1.165) is 55.4 Å². The molecule has 2 rings (SSSR count). The van der Waals surface area contributed by atoms with Crippen LogP contribution in [0, 0.1) is 5.92 Å². The molecule has 5 heteroatoms. The molecule has 0 atom stereocenters. The predicted molar refractivity (Wildman–Crippen MR) is 80.2 cm³/mol.